The van der Waals surface area contributed by atoms with Crippen LogP contribution in [-0.2, 0) is 4.79 Å². The number of halogens is 1. The average molecular weight is 373 g/mol. The first-order valence-electron chi connectivity index (χ1n) is 7.72. The van der Waals surface area contributed by atoms with Crippen LogP contribution >= 0.6 is 7.92 Å². The fraction of sp³-hybridized carbons (Fsp3) is 0.0500. The molecule has 3 aromatic carbocycles. The number of hydrogen-bond donors (Lipinski definition) is 2. The number of hydrazine groups is 1. The molecule has 0 aliphatic carbocycles. The lowest BCUT2D eigenvalue weighted by molar-refractivity contribution is -0.119. The quantitative estimate of drug-likeness (QED) is 0.273. The Morgan fingerprint density at radius 2 is 0.960 bits per heavy atom. The highest BCUT2D eigenvalue weighted by molar-refractivity contribution is 7.79. The summed E-state index contributed by atoms with van der Waals surface area (Å²) in [6.45, 7) is 1.35. The lowest BCUT2D eigenvalue weighted by atomic mass is 10.4. The molecule has 3 nitrogen and oxygen atoms in total. The van der Waals surface area contributed by atoms with E-state index in [1.165, 1.54) is 22.8 Å². The number of nitrogens with one attached hydrogen (secondary N) is 1. The zero-order valence-electron chi connectivity index (χ0n) is 14.0. The molecule has 0 aromatic heterocycles. The minimum atomic E-state index is -0.877. The molecule has 0 saturated carbocycles. The van der Waals surface area contributed by atoms with Crippen molar-refractivity contribution >= 4 is 29.7 Å². The lowest BCUT2D eigenvalue weighted by Crippen LogP contribution is -3.00. The second-order valence-electron chi connectivity index (χ2n) is 5.17. The van der Waals surface area contributed by atoms with Crippen molar-refractivity contribution in [3.8, 4) is 0 Å². The smallest absolute Gasteiger partial charge is 0.230 e. The third-order valence-electron chi connectivity index (χ3n) is 3.39. The van der Waals surface area contributed by atoms with E-state index in [4.69, 9.17) is 0 Å². The molecule has 0 atom stereocenters. The minimum Gasteiger partial charge on any atom is -1.00 e. The highest BCUT2D eigenvalue weighted by Gasteiger charge is 2.24. The second-order valence-corrected chi connectivity index (χ2v) is 7.66. The molecule has 0 aliphatic rings. The third-order valence-corrected chi connectivity index (χ3v) is 6.12. The van der Waals surface area contributed by atoms with Crippen LogP contribution < -0.4 is 39.6 Å². The molecule has 0 aliphatic heterocycles. The Labute approximate surface area is 156 Å². The van der Waals surface area contributed by atoms with E-state index in [0.29, 0.717) is 0 Å². The van der Waals surface area contributed by atoms with Gasteiger partial charge in [-0.15, -0.1) is 0 Å². The molecule has 0 saturated heterocycles. The van der Waals surface area contributed by atoms with Gasteiger partial charge in [-0.25, -0.2) is 5.84 Å². The summed E-state index contributed by atoms with van der Waals surface area (Å²) in [5, 5.41) is 4.31. The van der Waals surface area contributed by atoms with Crippen LogP contribution in [0.1, 0.15) is 6.92 Å². The van der Waals surface area contributed by atoms with E-state index in [1.54, 1.807) is 0 Å². The van der Waals surface area contributed by atoms with E-state index in [-0.39, 0.29) is 18.3 Å². The summed E-state index contributed by atoms with van der Waals surface area (Å²) in [5.74, 6) is 4.35. The number of hydrogen-bond acceptors (Lipinski definition) is 2. The largest absolute Gasteiger partial charge is 1.00 e. The molecule has 130 valence electrons. The summed E-state index contributed by atoms with van der Waals surface area (Å²) in [7, 11) is -0.877. The number of rotatable bonds is 3. The molecule has 3 aromatic rings. The molecule has 0 radical (unpaired) electrons. The number of carbonyl (C=O) groups is 1. The van der Waals surface area contributed by atoms with E-state index in [0.717, 1.165) is 0 Å². The number of amides is 1. The number of carbonyl (C=O) groups excluding carboxylic acids is 1. The predicted octanol–water partition coefficient (Wildman–Crippen LogP) is -0.823. The first kappa shape index (κ1) is 20.9. The average Bonchev–Trinajstić information content (AvgIpc) is 2.65. The fourth-order valence-electron chi connectivity index (χ4n) is 2.31. The monoisotopic (exact) mass is 372 g/mol. The topological polar surface area (TPSA) is 55.1 Å². The van der Waals surface area contributed by atoms with Gasteiger partial charge in [0.15, 0.2) is 0 Å². The Bertz CT molecular complexity index is 646. The van der Waals surface area contributed by atoms with Crippen molar-refractivity contribution in [2.45, 2.75) is 6.92 Å². The van der Waals surface area contributed by atoms with E-state index in [2.05, 4.69) is 96.8 Å². The normalized spacial score (nSPS) is 9.40. The summed E-state index contributed by atoms with van der Waals surface area (Å²) in [6.07, 6.45) is 0. The molecule has 1 amide bonds. The van der Waals surface area contributed by atoms with E-state index in [9.17, 15) is 4.79 Å². The fourth-order valence-corrected chi connectivity index (χ4v) is 4.89. The van der Waals surface area contributed by atoms with Crippen molar-refractivity contribution in [1.29, 1.82) is 0 Å². The zero-order valence-corrected chi connectivity index (χ0v) is 15.8. The van der Waals surface area contributed by atoms with Crippen LogP contribution in [-0.4, -0.2) is 5.91 Å². The predicted molar refractivity (Wildman–Crippen MR) is 105 cm³/mol. The molecule has 0 fully saturated rings. The molecule has 0 unspecified atom stereocenters. The third kappa shape index (κ3) is 6.67. The van der Waals surface area contributed by atoms with Gasteiger partial charge in [-0.2, -0.15) is 0 Å². The van der Waals surface area contributed by atoms with Gasteiger partial charge in [0.2, 0.25) is 5.91 Å². The van der Waals surface area contributed by atoms with Gasteiger partial charge < -0.3 is 12.4 Å². The van der Waals surface area contributed by atoms with E-state index < -0.39 is 7.92 Å². The maximum absolute atomic E-state index is 9.58. The van der Waals surface area contributed by atoms with E-state index in [1.807, 2.05) is 5.43 Å². The van der Waals surface area contributed by atoms with E-state index >= 15 is 0 Å². The molecular weight excluding hydrogens is 351 g/mol. The highest BCUT2D eigenvalue weighted by Crippen LogP contribution is 2.32. The summed E-state index contributed by atoms with van der Waals surface area (Å²) >= 11 is 0. The Morgan fingerprint density at radius 3 is 1.16 bits per heavy atom. The number of nitrogens with two attached hydrogens (primary N) is 1. The molecular formula is C20H22ClN2OP. The van der Waals surface area contributed by atoms with Gasteiger partial charge in [0, 0.05) is 6.92 Å². The van der Waals surface area contributed by atoms with Crippen molar-refractivity contribution < 1.29 is 17.2 Å². The molecule has 3 N–H and O–H groups in total. The summed E-state index contributed by atoms with van der Waals surface area (Å²) < 4.78 is 0. The second kappa shape index (κ2) is 11.4. The minimum absolute atomic E-state index is 0. The van der Waals surface area contributed by atoms with Gasteiger partial charge in [0.05, 0.1) is 7.92 Å². The SMILES string of the molecule is CC(=O)NN.[Cl-].c1ccc([PH+](c2ccccc2)c2ccccc2)cc1. The van der Waals surface area contributed by atoms with Crippen molar-refractivity contribution in [3.63, 3.8) is 0 Å². The summed E-state index contributed by atoms with van der Waals surface area (Å²) in [5.41, 5.74) is 1.89. The molecule has 0 spiro atoms. The lowest BCUT2D eigenvalue weighted by Gasteiger charge is -2.10. The van der Waals surface area contributed by atoms with Gasteiger partial charge >= 0.3 is 0 Å². The maximum Gasteiger partial charge on any atom is 0.230 e. The van der Waals surface area contributed by atoms with Crippen molar-refractivity contribution in [1.82, 2.24) is 5.43 Å². The zero-order chi connectivity index (χ0) is 17.2. The van der Waals surface area contributed by atoms with Crippen LogP contribution in [0.25, 0.3) is 0 Å². The molecule has 3 rings (SSSR count). The summed E-state index contributed by atoms with van der Waals surface area (Å²) in [4.78, 5) is 9.58. The van der Waals surface area contributed by atoms with Crippen LogP contribution in [0.2, 0.25) is 0 Å². The van der Waals surface area contributed by atoms with Gasteiger partial charge in [0.25, 0.3) is 0 Å². The Kier molecular flexibility index (Phi) is 9.49. The Hall–Kier alpha value is -2.19. The first-order valence-corrected chi connectivity index (χ1v) is 9.22. The molecule has 0 heterocycles. The first-order chi connectivity index (χ1) is 11.7. The number of benzene rings is 3. The van der Waals surface area contributed by atoms with Crippen LogP contribution in [0.5, 0.6) is 0 Å². The van der Waals surface area contributed by atoms with Crippen LogP contribution in [0.15, 0.2) is 91.0 Å². The summed E-state index contributed by atoms with van der Waals surface area (Å²) in [6, 6.07) is 32.5. The van der Waals surface area contributed by atoms with Crippen LogP contribution in [0.3, 0.4) is 0 Å². The molecule has 25 heavy (non-hydrogen) atoms. The Morgan fingerprint density at radius 1 is 0.720 bits per heavy atom. The molecule has 0 bridgehead atoms. The van der Waals surface area contributed by atoms with Crippen LogP contribution in [0, 0.1) is 0 Å². The highest BCUT2D eigenvalue weighted by atomic mass is 35.5. The van der Waals surface area contributed by atoms with Crippen LogP contribution in [0.4, 0.5) is 0 Å². The van der Waals surface area contributed by atoms with Crippen molar-refractivity contribution in [3.05, 3.63) is 91.0 Å². The maximum atomic E-state index is 9.58. The van der Waals surface area contributed by atoms with Gasteiger partial charge in [0.1, 0.15) is 15.9 Å². The van der Waals surface area contributed by atoms with Crippen molar-refractivity contribution in [2.75, 3.05) is 0 Å². The van der Waals surface area contributed by atoms with Gasteiger partial charge in [-0.1, -0.05) is 54.6 Å². The van der Waals surface area contributed by atoms with Gasteiger partial charge in [-0.05, 0) is 36.4 Å². The standard InChI is InChI=1S/C18H15P.C2H6N2O.ClH/c1-4-10-16(11-5-1)19(17-12-6-2-7-13-17)18-14-8-3-9-15-18;1-2(5)4-3;/h1-15H;3H2,1H3,(H,4,5);1H. The van der Waals surface area contributed by atoms with Crippen molar-refractivity contribution in [2.24, 2.45) is 5.84 Å². The van der Waals surface area contributed by atoms with Gasteiger partial charge in [-0.3, -0.25) is 10.2 Å². The Balaban J connectivity index is 0.000000462. The molecule has 5 heteroatoms.